The molecule has 0 bridgehead atoms. The third kappa shape index (κ3) is 3.11. The quantitative estimate of drug-likeness (QED) is 0.629. The van der Waals surface area contributed by atoms with E-state index in [1.54, 1.807) is 0 Å². The summed E-state index contributed by atoms with van der Waals surface area (Å²) in [5.41, 5.74) is 6.95. The predicted molar refractivity (Wildman–Crippen MR) is 67.2 cm³/mol. The lowest BCUT2D eigenvalue weighted by Gasteiger charge is -2.11. The van der Waals surface area contributed by atoms with Gasteiger partial charge in [-0.3, -0.25) is 0 Å². The summed E-state index contributed by atoms with van der Waals surface area (Å²) in [6.07, 6.45) is 2.38. The maximum atomic E-state index is 3.69. The number of aryl methyl sites for hydroxylation is 1. The first-order valence-corrected chi connectivity index (χ1v) is 5.64. The maximum absolute atomic E-state index is 3.69. The van der Waals surface area contributed by atoms with Gasteiger partial charge in [0.2, 0.25) is 0 Å². The zero-order valence-corrected chi connectivity index (χ0v) is 10.0. The highest BCUT2D eigenvalue weighted by atomic mass is 14.1. The van der Waals surface area contributed by atoms with Gasteiger partial charge in [-0.1, -0.05) is 51.1 Å². The molecular formula is C15H20. The number of rotatable bonds is 4. The Labute approximate surface area is 93.3 Å². The van der Waals surface area contributed by atoms with E-state index in [0.29, 0.717) is 5.92 Å². The molecule has 0 saturated heterocycles. The van der Waals surface area contributed by atoms with Crippen LogP contribution in [0.5, 0.6) is 0 Å². The van der Waals surface area contributed by atoms with Crippen LogP contribution in [0, 0.1) is 0 Å². The van der Waals surface area contributed by atoms with E-state index in [2.05, 4.69) is 57.3 Å². The van der Waals surface area contributed by atoms with E-state index in [4.69, 9.17) is 0 Å². The molecule has 0 N–H and O–H groups in total. The summed E-state index contributed by atoms with van der Waals surface area (Å²) in [4.78, 5) is 0. The molecule has 0 spiro atoms. The van der Waals surface area contributed by atoms with Gasteiger partial charge in [0.25, 0.3) is 0 Å². The van der Waals surface area contributed by atoms with E-state index in [9.17, 15) is 0 Å². The van der Waals surface area contributed by atoms with Crippen molar-refractivity contribution >= 4 is 0 Å². The van der Waals surface area contributed by atoms with Crippen molar-refractivity contribution in [3.05, 3.63) is 53.3 Å². The van der Waals surface area contributed by atoms with E-state index >= 15 is 0 Å². The van der Waals surface area contributed by atoms with Crippen LogP contribution in [0.4, 0.5) is 0 Å². The number of allylic oxidation sites excluding steroid dienone is 1. The van der Waals surface area contributed by atoms with E-state index in [1.807, 2.05) is 0 Å². The Bertz CT molecular complexity index is 350. The van der Waals surface area contributed by atoms with Crippen molar-refractivity contribution in [3.8, 4) is 0 Å². The fraction of sp³-hybridized carbons (Fsp3) is 0.400. The highest BCUT2D eigenvalue weighted by Gasteiger charge is 2.06. The second kappa shape index (κ2) is 5.58. The number of benzene rings is 1. The molecular weight excluding hydrogens is 180 g/mol. The minimum atomic E-state index is 0.429. The number of hydrogen-bond donors (Lipinski definition) is 0. The Morgan fingerprint density at radius 3 is 2.40 bits per heavy atom. The smallest absolute Gasteiger partial charge is 0.00927 e. The van der Waals surface area contributed by atoms with Crippen molar-refractivity contribution in [2.75, 3.05) is 0 Å². The summed E-state index contributed by atoms with van der Waals surface area (Å²) in [5, 5.41) is 0. The first-order valence-electron chi connectivity index (χ1n) is 5.64. The Kier molecular flexibility index (Phi) is 4.39. The zero-order valence-electron chi connectivity index (χ0n) is 10.0. The third-order valence-corrected chi connectivity index (χ3v) is 2.95. The van der Waals surface area contributed by atoms with Gasteiger partial charge in [-0.05, 0) is 30.0 Å². The molecule has 0 radical (unpaired) electrons. The van der Waals surface area contributed by atoms with E-state index < -0.39 is 0 Å². The minimum absolute atomic E-state index is 0.429. The molecule has 0 heterocycles. The Morgan fingerprint density at radius 1 is 1.33 bits per heavy atom. The molecule has 1 atom stereocenters. The van der Waals surface area contributed by atoms with Gasteiger partial charge in [-0.25, -0.2) is 0 Å². The number of hydrogen-bond acceptors (Lipinski definition) is 0. The highest BCUT2D eigenvalue weighted by molar-refractivity contribution is 5.30. The molecule has 0 aromatic heterocycles. The van der Waals surface area contributed by atoms with Crippen molar-refractivity contribution < 1.29 is 0 Å². The summed E-state index contributed by atoms with van der Waals surface area (Å²) in [6, 6.07) is 8.89. The van der Waals surface area contributed by atoms with Crippen molar-refractivity contribution in [1.29, 1.82) is 0 Å². The van der Waals surface area contributed by atoms with Crippen molar-refractivity contribution in [3.63, 3.8) is 0 Å². The van der Waals surface area contributed by atoms with Gasteiger partial charge < -0.3 is 0 Å². The molecule has 15 heavy (non-hydrogen) atoms. The van der Waals surface area contributed by atoms with Gasteiger partial charge in [-0.2, -0.15) is 0 Å². The zero-order chi connectivity index (χ0) is 11.3. The largest absolute Gasteiger partial charge is 0.129 e. The fourth-order valence-corrected chi connectivity index (χ4v) is 1.66. The lowest BCUT2D eigenvalue weighted by Crippen LogP contribution is -1.94. The van der Waals surface area contributed by atoms with Crippen LogP contribution >= 0.6 is 0 Å². The molecule has 1 aromatic carbocycles. The molecule has 0 aliphatic rings. The molecule has 1 aromatic rings. The van der Waals surface area contributed by atoms with Crippen molar-refractivity contribution in [2.45, 2.75) is 39.5 Å². The average molecular weight is 200 g/mol. The van der Waals surface area contributed by atoms with Crippen LogP contribution in [0.2, 0.25) is 0 Å². The topological polar surface area (TPSA) is 0 Å². The van der Waals surface area contributed by atoms with Gasteiger partial charge in [-0.15, -0.1) is 5.73 Å². The maximum Gasteiger partial charge on any atom is 0.00927 e. The average Bonchev–Trinajstić information content (AvgIpc) is 2.28. The first kappa shape index (κ1) is 11.8. The summed E-state index contributed by atoms with van der Waals surface area (Å²) >= 11 is 0. The molecule has 1 unspecified atom stereocenters. The van der Waals surface area contributed by atoms with Crippen LogP contribution in [0.3, 0.4) is 0 Å². The van der Waals surface area contributed by atoms with E-state index in [-0.39, 0.29) is 0 Å². The Morgan fingerprint density at radius 2 is 1.93 bits per heavy atom. The van der Waals surface area contributed by atoms with Crippen LogP contribution in [0.1, 0.15) is 44.2 Å². The molecule has 0 aliphatic heterocycles. The normalized spacial score (nSPS) is 11.9. The SMILES string of the molecule is C=C=C(C)C(C)c1ccc(CCC)cc1. The summed E-state index contributed by atoms with van der Waals surface area (Å²) in [6.45, 7) is 10.2. The predicted octanol–water partition coefficient (Wildman–Crippen LogP) is 4.47. The third-order valence-electron chi connectivity index (χ3n) is 2.95. The van der Waals surface area contributed by atoms with E-state index in [0.717, 1.165) is 0 Å². The van der Waals surface area contributed by atoms with Crippen molar-refractivity contribution in [1.82, 2.24) is 0 Å². The first-order chi connectivity index (χ1) is 7.19. The second-order valence-electron chi connectivity index (χ2n) is 4.07. The molecule has 1 rings (SSSR count). The summed E-state index contributed by atoms with van der Waals surface area (Å²) in [5.74, 6) is 0.429. The molecule has 80 valence electrons. The molecule has 0 saturated carbocycles. The lowest BCUT2D eigenvalue weighted by atomic mass is 9.93. The van der Waals surface area contributed by atoms with Gasteiger partial charge >= 0.3 is 0 Å². The van der Waals surface area contributed by atoms with E-state index in [1.165, 1.54) is 29.5 Å². The van der Waals surface area contributed by atoms with Crippen molar-refractivity contribution in [2.24, 2.45) is 0 Å². The standard InChI is InChI=1S/C15H20/c1-5-7-14-8-10-15(11-9-14)13(4)12(3)6-2/h8-11,13H,2,5,7H2,1,3-4H3. The molecule has 0 heteroatoms. The Balaban J connectivity index is 2.84. The summed E-state index contributed by atoms with van der Waals surface area (Å²) < 4.78 is 0. The van der Waals surface area contributed by atoms with Crippen LogP contribution in [0.15, 0.2) is 42.1 Å². The molecule has 0 amide bonds. The monoisotopic (exact) mass is 200 g/mol. The van der Waals surface area contributed by atoms with Crippen LogP contribution in [0.25, 0.3) is 0 Å². The van der Waals surface area contributed by atoms with Gasteiger partial charge in [0.1, 0.15) is 0 Å². The lowest BCUT2D eigenvalue weighted by molar-refractivity contribution is 0.886. The van der Waals surface area contributed by atoms with Crippen LogP contribution in [-0.2, 0) is 6.42 Å². The molecule has 0 aliphatic carbocycles. The van der Waals surface area contributed by atoms with Gasteiger partial charge in [0, 0.05) is 5.92 Å². The molecule has 0 fully saturated rings. The van der Waals surface area contributed by atoms with Crippen LogP contribution < -0.4 is 0 Å². The second-order valence-corrected chi connectivity index (χ2v) is 4.07. The van der Waals surface area contributed by atoms with Gasteiger partial charge in [0.05, 0.1) is 0 Å². The summed E-state index contributed by atoms with van der Waals surface area (Å²) in [7, 11) is 0. The molecule has 0 nitrogen and oxygen atoms in total. The van der Waals surface area contributed by atoms with Gasteiger partial charge in [0.15, 0.2) is 0 Å². The minimum Gasteiger partial charge on any atom is -0.129 e. The fourth-order valence-electron chi connectivity index (χ4n) is 1.66. The van der Waals surface area contributed by atoms with Crippen LogP contribution in [-0.4, -0.2) is 0 Å². The highest BCUT2D eigenvalue weighted by Crippen LogP contribution is 2.22. The Hall–Kier alpha value is -1.26.